The number of ether oxygens (including phenoxy) is 1. The van der Waals surface area contributed by atoms with Gasteiger partial charge in [-0.2, -0.15) is 0 Å². The number of hydrogen-bond acceptors (Lipinski definition) is 4. The number of hydrogen-bond donors (Lipinski definition) is 1. The van der Waals surface area contributed by atoms with Crippen molar-refractivity contribution < 1.29 is 14.5 Å². The lowest BCUT2D eigenvalue weighted by Gasteiger charge is -2.06. The number of amides is 1. The van der Waals surface area contributed by atoms with E-state index in [-0.39, 0.29) is 11.6 Å². The largest absolute Gasteiger partial charge is 0.495 e. The normalized spacial score (nSPS) is 10.5. The van der Waals surface area contributed by atoms with Gasteiger partial charge in [0.25, 0.3) is 5.69 Å². The Morgan fingerprint density at radius 3 is 2.74 bits per heavy atom. The Morgan fingerprint density at radius 2 is 2.09 bits per heavy atom. The SMILES string of the molecule is COc1ccc(NC(=O)/C=C\c2cccc([N+](=O)[O-])c2)cc1Cl. The number of nitro benzene ring substituents is 1. The summed E-state index contributed by atoms with van der Waals surface area (Å²) in [4.78, 5) is 22.1. The van der Waals surface area contributed by atoms with E-state index in [1.54, 1.807) is 30.3 Å². The van der Waals surface area contributed by atoms with Crippen LogP contribution in [-0.2, 0) is 4.79 Å². The van der Waals surface area contributed by atoms with Gasteiger partial charge in [-0.15, -0.1) is 0 Å². The molecule has 0 unspecified atom stereocenters. The summed E-state index contributed by atoms with van der Waals surface area (Å²) in [5.74, 6) is 0.134. The molecule has 0 saturated heterocycles. The lowest BCUT2D eigenvalue weighted by molar-refractivity contribution is -0.384. The van der Waals surface area contributed by atoms with Crippen LogP contribution in [0.1, 0.15) is 5.56 Å². The second-order valence-corrected chi connectivity index (χ2v) is 4.93. The number of nitrogens with zero attached hydrogens (tertiary/aromatic N) is 1. The van der Waals surface area contributed by atoms with Crippen LogP contribution in [0.2, 0.25) is 5.02 Å². The van der Waals surface area contributed by atoms with E-state index in [9.17, 15) is 14.9 Å². The molecule has 0 fully saturated rings. The van der Waals surface area contributed by atoms with Gasteiger partial charge in [0.15, 0.2) is 0 Å². The summed E-state index contributed by atoms with van der Waals surface area (Å²) in [7, 11) is 1.50. The Morgan fingerprint density at radius 1 is 1.30 bits per heavy atom. The molecule has 118 valence electrons. The molecule has 2 rings (SSSR count). The van der Waals surface area contributed by atoms with Crippen molar-refractivity contribution in [1.29, 1.82) is 0 Å². The first-order valence-electron chi connectivity index (χ1n) is 6.56. The number of halogens is 1. The van der Waals surface area contributed by atoms with Gasteiger partial charge in [-0.1, -0.05) is 23.7 Å². The van der Waals surface area contributed by atoms with Crippen LogP contribution in [0.5, 0.6) is 5.75 Å². The van der Waals surface area contributed by atoms with Gasteiger partial charge in [-0.05, 0) is 29.8 Å². The van der Waals surface area contributed by atoms with E-state index < -0.39 is 4.92 Å². The minimum Gasteiger partial charge on any atom is -0.495 e. The smallest absolute Gasteiger partial charge is 0.270 e. The number of methoxy groups -OCH3 is 1. The van der Waals surface area contributed by atoms with Gasteiger partial charge in [-0.3, -0.25) is 14.9 Å². The van der Waals surface area contributed by atoms with E-state index in [0.29, 0.717) is 22.0 Å². The van der Waals surface area contributed by atoms with Gasteiger partial charge in [0.1, 0.15) is 5.75 Å². The maximum absolute atomic E-state index is 11.9. The molecule has 1 N–H and O–H groups in total. The van der Waals surface area contributed by atoms with Crippen molar-refractivity contribution in [2.24, 2.45) is 0 Å². The molecular formula is C16H13ClN2O4. The monoisotopic (exact) mass is 332 g/mol. The van der Waals surface area contributed by atoms with Gasteiger partial charge >= 0.3 is 0 Å². The van der Waals surface area contributed by atoms with Crippen molar-refractivity contribution in [1.82, 2.24) is 0 Å². The van der Waals surface area contributed by atoms with Crippen molar-refractivity contribution in [2.45, 2.75) is 0 Å². The minimum absolute atomic E-state index is 0.0329. The quantitative estimate of drug-likeness (QED) is 0.511. The van der Waals surface area contributed by atoms with Crippen molar-refractivity contribution in [3.05, 3.63) is 69.2 Å². The average Bonchev–Trinajstić information content (AvgIpc) is 2.53. The summed E-state index contributed by atoms with van der Waals surface area (Å²) in [6.07, 6.45) is 2.78. The van der Waals surface area contributed by atoms with Crippen molar-refractivity contribution in [3.8, 4) is 5.75 Å². The van der Waals surface area contributed by atoms with E-state index in [4.69, 9.17) is 16.3 Å². The van der Waals surface area contributed by atoms with Crippen molar-refractivity contribution in [3.63, 3.8) is 0 Å². The molecule has 6 nitrogen and oxygen atoms in total. The molecule has 23 heavy (non-hydrogen) atoms. The maximum atomic E-state index is 11.9. The molecule has 0 atom stereocenters. The number of benzene rings is 2. The molecule has 7 heteroatoms. The number of nitro groups is 1. The zero-order chi connectivity index (χ0) is 16.8. The molecule has 2 aromatic rings. The fraction of sp³-hybridized carbons (Fsp3) is 0.0625. The van der Waals surface area contributed by atoms with E-state index in [2.05, 4.69) is 5.32 Å². The molecule has 0 spiro atoms. The molecule has 0 heterocycles. The third-order valence-electron chi connectivity index (χ3n) is 2.93. The molecule has 0 bridgehead atoms. The Labute approximate surface area is 137 Å². The van der Waals surface area contributed by atoms with E-state index in [1.165, 1.54) is 31.4 Å². The molecule has 0 aromatic heterocycles. The highest BCUT2D eigenvalue weighted by Crippen LogP contribution is 2.27. The van der Waals surface area contributed by atoms with Crippen LogP contribution in [0.4, 0.5) is 11.4 Å². The second-order valence-electron chi connectivity index (χ2n) is 4.52. The third kappa shape index (κ3) is 4.55. The first-order chi connectivity index (χ1) is 11.0. The minimum atomic E-state index is -0.489. The van der Waals surface area contributed by atoms with E-state index in [1.807, 2.05) is 0 Å². The number of carbonyl (C=O) groups is 1. The summed E-state index contributed by atoms with van der Waals surface area (Å²) in [6.45, 7) is 0. The van der Waals surface area contributed by atoms with Gasteiger partial charge in [0, 0.05) is 23.9 Å². The molecule has 0 aliphatic carbocycles. The number of anilines is 1. The first-order valence-corrected chi connectivity index (χ1v) is 6.94. The highest BCUT2D eigenvalue weighted by Gasteiger charge is 2.05. The van der Waals surface area contributed by atoms with Crippen LogP contribution >= 0.6 is 11.6 Å². The van der Waals surface area contributed by atoms with Crippen LogP contribution in [-0.4, -0.2) is 17.9 Å². The summed E-state index contributed by atoms with van der Waals surface area (Å²) < 4.78 is 5.03. The highest BCUT2D eigenvalue weighted by molar-refractivity contribution is 6.32. The number of nitrogens with one attached hydrogen (secondary N) is 1. The standard InChI is InChI=1S/C16H13ClN2O4/c1-23-15-7-6-12(10-14(15)17)18-16(20)8-5-11-3-2-4-13(9-11)19(21)22/h2-10H,1H3,(H,18,20)/b8-5-. The fourth-order valence-corrected chi connectivity index (χ4v) is 2.10. The Kier molecular flexibility index (Phi) is 5.32. The summed E-state index contributed by atoms with van der Waals surface area (Å²) in [6, 6.07) is 10.9. The Hall–Kier alpha value is -2.86. The number of non-ortho nitro benzene ring substituents is 1. The van der Waals surface area contributed by atoms with Crippen molar-refractivity contribution in [2.75, 3.05) is 12.4 Å². The first kappa shape index (κ1) is 16.5. The molecule has 1 amide bonds. The Balaban J connectivity index is 2.05. The molecule has 2 aromatic carbocycles. The second kappa shape index (κ2) is 7.42. The number of carbonyl (C=O) groups excluding carboxylic acids is 1. The fourth-order valence-electron chi connectivity index (χ4n) is 1.84. The zero-order valence-electron chi connectivity index (χ0n) is 12.2. The van der Waals surface area contributed by atoms with Crippen LogP contribution in [0.3, 0.4) is 0 Å². The van der Waals surface area contributed by atoms with Crippen molar-refractivity contribution >= 4 is 35.0 Å². The third-order valence-corrected chi connectivity index (χ3v) is 3.22. The molecule has 0 aliphatic rings. The maximum Gasteiger partial charge on any atom is 0.270 e. The van der Waals surface area contributed by atoms with E-state index in [0.717, 1.165) is 0 Å². The van der Waals surface area contributed by atoms with Crippen LogP contribution in [0.25, 0.3) is 6.08 Å². The average molecular weight is 333 g/mol. The molecular weight excluding hydrogens is 320 g/mol. The van der Waals surface area contributed by atoms with E-state index >= 15 is 0 Å². The van der Waals surface area contributed by atoms with Gasteiger partial charge < -0.3 is 10.1 Å². The van der Waals surface area contributed by atoms with Crippen LogP contribution in [0, 0.1) is 10.1 Å². The predicted octanol–water partition coefficient (Wildman–Crippen LogP) is 3.91. The zero-order valence-corrected chi connectivity index (χ0v) is 12.9. The van der Waals surface area contributed by atoms with Crippen LogP contribution < -0.4 is 10.1 Å². The van der Waals surface area contributed by atoms with Gasteiger partial charge in [0.2, 0.25) is 5.91 Å². The number of rotatable bonds is 5. The highest BCUT2D eigenvalue weighted by atomic mass is 35.5. The lowest BCUT2D eigenvalue weighted by atomic mass is 10.2. The predicted molar refractivity (Wildman–Crippen MR) is 88.8 cm³/mol. The molecule has 0 radical (unpaired) electrons. The topological polar surface area (TPSA) is 81.5 Å². The summed E-state index contributed by atoms with van der Waals surface area (Å²) in [5, 5.41) is 13.7. The molecule has 0 aliphatic heterocycles. The Bertz CT molecular complexity index is 774. The lowest BCUT2D eigenvalue weighted by Crippen LogP contribution is -2.07. The van der Waals surface area contributed by atoms with Crippen LogP contribution in [0.15, 0.2) is 48.5 Å². The summed E-state index contributed by atoms with van der Waals surface area (Å²) in [5.41, 5.74) is 1.04. The molecule has 0 saturated carbocycles. The summed E-state index contributed by atoms with van der Waals surface area (Å²) >= 11 is 5.97. The van der Waals surface area contributed by atoms with Gasteiger partial charge in [0.05, 0.1) is 17.1 Å². The van der Waals surface area contributed by atoms with Gasteiger partial charge in [-0.25, -0.2) is 0 Å².